The average molecular weight is 382 g/mol. The normalized spacial score (nSPS) is 38.8. The number of esters is 1. The number of carbonyl (C=O) groups is 4. The Hall–Kier alpha value is -2.30. The number of Topliss-reactive ketones (excluding diaryl/α,β-unsaturated/α-hetero) is 2. The number of ketones is 3. The van der Waals surface area contributed by atoms with Crippen LogP contribution in [-0.4, -0.2) is 29.9 Å². The van der Waals surface area contributed by atoms with Gasteiger partial charge in [0.05, 0.1) is 0 Å². The molecule has 0 N–H and O–H groups in total. The summed E-state index contributed by atoms with van der Waals surface area (Å²) in [5, 5.41) is 0. The second-order valence-corrected chi connectivity index (χ2v) is 9.09. The number of carbonyl (C=O) groups excluding carboxylic acids is 4. The fraction of sp³-hybridized carbons (Fsp3) is 0.565. The Bertz CT molecular complexity index is 875. The van der Waals surface area contributed by atoms with Gasteiger partial charge in [0.1, 0.15) is 5.78 Å². The number of allylic oxidation sites excluding steroid dienone is 5. The molecule has 2 fully saturated rings. The first-order valence-electron chi connectivity index (χ1n) is 10.0. The maximum Gasteiger partial charge on any atom is 0.303 e. The van der Waals surface area contributed by atoms with Gasteiger partial charge in [-0.25, -0.2) is 0 Å². The van der Waals surface area contributed by atoms with Gasteiger partial charge in [0.25, 0.3) is 0 Å². The minimum atomic E-state index is -0.499. The van der Waals surface area contributed by atoms with Crippen molar-refractivity contribution in [2.24, 2.45) is 28.6 Å². The molecule has 5 atom stereocenters. The van der Waals surface area contributed by atoms with Crippen molar-refractivity contribution in [3.05, 3.63) is 35.5 Å². The van der Waals surface area contributed by atoms with E-state index in [1.165, 1.54) is 6.92 Å². The Balaban J connectivity index is 1.64. The highest BCUT2D eigenvalue weighted by Crippen LogP contribution is 2.63. The number of hydrogen-bond acceptors (Lipinski definition) is 5. The summed E-state index contributed by atoms with van der Waals surface area (Å²) >= 11 is 0. The molecule has 4 aliphatic carbocycles. The molecule has 28 heavy (non-hydrogen) atoms. The molecule has 3 unspecified atom stereocenters. The summed E-state index contributed by atoms with van der Waals surface area (Å²) < 4.78 is 4.91. The maximum absolute atomic E-state index is 13.4. The summed E-state index contributed by atoms with van der Waals surface area (Å²) in [4.78, 5) is 49.0. The van der Waals surface area contributed by atoms with E-state index in [2.05, 4.69) is 6.92 Å². The third-order valence-electron chi connectivity index (χ3n) is 7.55. The van der Waals surface area contributed by atoms with E-state index in [0.29, 0.717) is 12.0 Å². The van der Waals surface area contributed by atoms with Crippen LogP contribution in [0.15, 0.2) is 35.5 Å². The molecule has 0 aromatic heterocycles. The van der Waals surface area contributed by atoms with Gasteiger partial charge in [-0.05, 0) is 43.3 Å². The van der Waals surface area contributed by atoms with Gasteiger partial charge >= 0.3 is 5.97 Å². The molecule has 4 rings (SSSR count). The lowest BCUT2D eigenvalue weighted by atomic mass is 9.47. The largest absolute Gasteiger partial charge is 0.457 e. The van der Waals surface area contributed by atoms with E-state index in [-0.39, 0.29) is 41.7 Å². The third-order valence-corrected chi connectivity index (χ3v) is 7.55. The highest BCUT2D eigenvalue weighted by atomic mass is 16.5. The van der Waals surface area contributed by atoms with Crippen molar-refractivity contribution in [3.63, 3.8) is 0 Å². The van der Waals surface area contributed by atoms with E-state index in [1.54, 1.807) is 12.2 Å². The van der Waals surface area contributed by atoms with Crippen LogP contribution < -0.4 is 0 Å². The first-order valence-corrected chi connectivity index (χ1v) is 10.0. The van der Waals surface area contributed by atoms with Crippen LogP contribution in [0.2, 0.25) is 0 Å². The summed E-state index contributed by atoms with van der Waals surface area (Å²) in [7, 11) is 0. The number of ether oxygens (including phenoxy) is 1. The fourth-order valence-electron chi connectivity index (χ4n) is 6.28. The summed E-state index contributed by atoms with van der Waals surface area (Å²) in [6, 6.07) is 0. The summed E-state index contributed by atoms with van der Waals surface area (Å²) in [5.41, 5.74) is 0.808. The molecule has 0 aromatic rings. The van der Waals surface area contributed by atoms with Crippen molar-refractivity contribution in [3.8, 4) is 0 Å². The predicted molar refractivity (Wildman–Crippen MR) is 102 cm³/mol. The van der Waals surface area contributed by atoms with Crippen molar-refractivity contribution < 1.29 is 23.9 Å². The lowest BCUT2D eigenvalue weighted by Gasteiger charge is -2.55. The van der Waals surface area contributed by atoms with Crippen molar-refractivity contribution in [1.82, 2.24) is 0 Å². The lowest BCUT2D eigenvalue weighted by molar-refractivity contribution is -0.146. The van der Waals surface area contributed by atoms with Crippen molar-refractivity contribution in [2.45, 2.75) is 46.5 Å². The van der Waals surface area contributed by atoms with Crippen molar-refractivity contribution in [1.29, 1.82) is 0 Å². The monoisotopic (exact) mass is 382 g/mol. The van der Waals surface area contributed by atoms with E-state index in [9.17, 15) is 19.2 Å². The van der Waals surface area contributed by atoms with Gasteiger partial charge in [-0.3, -0.25) is 19.2 Å². The second kappa shape index (κ2) is 6.36. The molecule has 0 heterocycles. The van der Waals surface area contributed by atoms with Crippen LogP contribution in [0.3, 0.4) is 0 Å². The minimum Gasteiger partial charge on any atom is -0.457 e. The van der Waals surface area contributed by atoms with Crippen LogP contribution in [-0.2, 0) is 23.9 Å². The fourth-order valence-corrected chi connectivity index (χ4v) is 6.28. The minimum absolute atomic E-state index is 0.0000842. The van der Waals surface area contributed by atoms with Gasteiger partial charge in [0.15, 0.2) is 18.2 Å². The molecule has 0 radical (unpaired) electrons. The molecule has 0 aromatic carbocycles. The standard InChI is InChI=1S/C23H26O5/c1-13(24)28-12-20(27)18-7-6-17-16-5-4-14-10-15(25)8-9-22(14,2)21(16)19(26)11-23(17,18)3/h7-10,16-17,21H,4-6,11-12H2,1-3H3/t16?,17?,21?,22-,23-/m0/s1. The van der Waals surface area contributed by atoms with Crippen LogP contribution in [0.1, 0.15) is 46.5 Å². The molecular formula is C23H26O5. The molecule has 0 amide bonds. The van der Waals surface area contributed by atoms with E-state index < -0.39 is 16.8 Å². The zero-order chi connectivity index (χ0) is 20.3. The Morgan fingerprint density at radius 2 is 2.00 bits per heavy atom. The van der Waals surface area contributed by atoms with Crippen LogP contribution in [0.25, 0.3) is 0 Å². The third kappa shape index (κ3) is 2.66. The van der Waals surface area contributed by atoms with Crippen LogP contribution in [0, 0.1) is 28.6 Å². The Labute approximate surface area is 164 Å². The van der Waals surface area contributed by atoms with E-state index >= 15 is 0 Å². The first kappa shape index (κ1) is 19.0. The SMILES string of the molecule is CC(=O)OCC(=O)C1=CCC2C3CCC4=CC(=O)C=C[C@]4(C)C3C(=O)C[C@]12C. The Morgan fingerprint density at radius 3 is 2.71 bits per heavy atom. The van der Waals surface area contributed by atoms with Crippen LogP contribution in [0.5, 0.6) is 0 Å². The molecule has 5 nitrogen and oxygen atoms in total. The Morgan fingerprint density at radius 1 is 1.25 bits per heavy atom. The highest BCUT2D eigenvalue weighted by molar-refractivity contribution is 6.02. The molecule has 4 aliphatic rings. The first-order chi connectivity index (χ1) is 13.2. The zero-order valence-electron chi connectivity index (χ0n) is 16.6. The van der Waals surface area contributed by atoms with Gasteiger partial charge < -0.3 is 4.74 Å². The molecule has 2 saturated carbocycles. The van der Waals surface area contributed by atoms with Crippen molar-refractivity contribution in [2.75, 3.05) is 6.61 Å². The molecule has 0 bridgehead atoms. The summed E-state index contributed by atoms with van der Waals surface area (Å²) in [6.07, 6.45) is 9.94. The smallest absolute Gasteiger partial charge is 0.303 e. The van der Waals surface area contributed by atoms with Crippen LogP contribution >= 0.6 is 0 Å². The van der Waals surface area contributed by atoms with Crippen LogP contribution in [0.4, 0.5) is 0 Å². The molecule has 148 valence electrons. The highest BCUT2D eigenvalue weighted by Gasteiger charge is 2.60. The van der Waals surface area contributed by atoms with Gasteiger partial charge in [-0.2, -0.15) is 0 Å². The quantitative estimate of drug-likeness (QED) is 0.701. The van der Waals surface area contributed by atoms with Gasteiger partial charge in [-0.1, -0.05) is 31.6 Å². The molecule has 0 spiro atoms. The number of rotatable bonds is 3. The van der Waals surface area contributed by atoms with E-state index in [1.807, 2.05) is 19.1 Å². The Kier molecular flexibility index (Phi) is 4.32. The van der Waals surface area contributed by atoms with Crippen molar-refractivity contribution >= 4 is 23.3 Å². The second-order valence-electron chi connectivity index (χ2n) is 9.09. The van der Waals surface area contributed by atoms with Gasteiger partial charge in [-0.15, -0.1) is 0 Å². The zero-order valence-corrected chi connectivity index (χ0v) is 16.6. The molecule has 0 saturated heterocycles. The number of hydrogen-bond donors (Lipinski definition) is 0. The lowest BCUT2D eigenvalue weighted by Crippen LogP contribution is -2.54. The predicted octanol–water partition coefficient (Wildman–Crippen LogP) is 3.14. The topological polar surface area (TPSA) is 77.5 Å². The van der Waals surface area contributed by atoms with E-state index in [4.69, 9.17) is 4.74 Å². The molecule has 5 heteroatoms. The maximum atomic E-state index is 13.4. The molecular weight excluding hydrogens is 356 g/mol. The van der Waals surface area contributed by atoms with Gasteiger partial charge in [0.2, 0.25) is 0 Å². The van der Waals surface area contributed by atoms with Gasteiger partial charge in [0, 0.05) is 35.7 Å². The average Bonchev–Trinajstić information content (AvgIpc) is 2.96. The summed E-state index contributed by atoms with van der Waals surface area (Å²) in [5.74, 6) is -0.253. The number of fused-ring (bicyclic) bond motifs is 5. The van der Waals surface area contributed by atoms with E-state index in [0.717, 1.165) is 24.8 Å². The summed E-state index contributed by atoms with van der Waals surface area (Å²) in [6.45, 7) is 5.12. The molecule has 0 aliphatic heterocycles.